The van der Waals surface area contributed by atoms with Crippen molar-refractivity contribution >= 4 is 35.4 Å². The van der Waals surface area contributed by atoms with Gasteiger partial charge in [-0.2, -0.15) is 0 Å². The number of aliphatic hydroxyl groups is 3. The maximum absolute atomic E-state index is 13.0. The lowest BCUT2D eigenvalue weighted by Crippen LogP contribution is -2.65. The van der Waals surface area contributed by atoms with E-state index >= 15 is 0 Å². The fraction of sp³-hybridized carbons (Fsp3) is 0.632. The molecule has 0 aromatic carbocycles. The molecule has 0 amide bonds. The zero-order valence-electron chi connectivity index (χ0n) is 32.8. The Labute approximate surface area is 349 Å². The molecule has 0 spiro atoms. The highest BCUT2D eigenvalue weighted by atomic mass is 31.2. The molecule has 0 heterocycles. The van der Waals surface area contributed by atoms with Gasteiger partial charge in [-0.15, -0.1) is 6.42 Å². The number of carbonyl (C=O) groups is 2. The van der Waals surface area contributed by atoms with Gasteiger partial charge in [0.2, 0.25) is 0 Å². The molecule has 0 radical (unpaired) electrons. The van der Waals surface area contributed by atoms with Gasteiger partial charge in [-0.1, -0.05) is 84.0 Å². The van der Waals surface area contributed by atoms with Crippen LogP contribution in [0, 0.1) is 71.5 Å². The van der Waals surface area contributed by atoms with Gasteiger partial charge < -0.3 is 49.3 Å². The van der Waals surface area contributed by atoms with Gasteiger partial charge >= 0.3 is 35.4 Å². The molecular formula is C38H51O19P3. The standard InChI is InChI=1S/C38H51O19P3/c1-3-5-7-9-11-13-15-16-17-19-21-23-25-27-32(40)54-30(28-52-31(39)26-24-22-20-18-14-12-10-8-6-4-2)29-53-60(50,51)57-36-33(41)34(42)37(55-58(44,45)46)38(35(36)43)56-59(47,48)49/h2,30,33-38,41-43H,3,5,7,9,11,13,15-17,19,21,23,25,27-29H2,1H3,(H,50,51)(H2,44,45,46)(H2,47,48,49)/t30-,33?,34+,35-,36?,37+,38?/m1/s1. The van der Waals surface area contributed by atoms with E-state index in [-0.39, 0.29) is 6.42 Å². The van der Waals surface area contributed by atoms with Crippen LogP contribution in [0.15, 0.2) is 0 Å². The molecule has 8 N–H and O–H groups in total. The SMILES string of the molecule is C#CC#CC#CC#CC#CC#CC(=O)OC[C@H](COP(=O)(O)OC1C(O)[C@H](O)[C@H](OP(=O)(O)O)C(OP(=O)(O)O)[C@@H]1O)OC(=O)CCCCCCCCCCCCCCC. The second kappa shape index (κ2) is 29.7. The number of rotatable bonds is 26. The average Bonchev–Trinajstić information content (AvgIpc) is 3.16. The van der Waals surface area contributed by atoms with Gasteiger partial charge in [0, 0.05) is 12.3 Å². The summed E-state index contributed by atoms with van der Waals surface area (Å²) in [6.07, 6.45) is 1.93. The first kappa shape index (κ1) is 54.5. The van der Waals surface area contributed by atoms with E-state index in [2.05, 4.69) is 75.2 Å². The topological polar surface area (TPSA) is 303 Å². The van der Waals surface area contributed by atoms with Crippen molar-refractivity contribution in [1.29, 1.82) is 0 Å². The zero-order valence-corrected chi connectivity index (χ0v) is 35.5. The molecule has 1 aliphatic carbocycles. The lowest BCUT2D eigenvalue weighted by atomic mass is 9.85. The number of hydrogen-bond donors (Lipinski definition) is 8. The molecule has 19 nitrogen and oxygen atoms in total. The molecule has 1 saturated carbocycles. The summed E-state index contributed by atoms with van der Waals surface area (Å²) in [5, 5.41) is 31.6. The van der Waals surface area contributed by atoms with Crippen LogP contribution in [0.25, 0.3) is 0 Å². The van der Waals surface area contributed by atoms with Crippen molar-refractivity contribution in [2.24, 2.45) is 0 Å². The summed E-state index contributed by atoms with van der Waals surface area (Å²) < 4.78 is 64.4. The summed E-state index contributed by atoms with van der Waals surface area (Å²) >= 11 is 0. The number of unbranched alkanes of at least 4 members (excludes halogenated alkanes) is 12. The lowest BCUT2D eigenvalue weighted by molar-refractivity contribution is -0.213. The summed E-state index contributed by atoms with van der Waals surface area (Å²) in [5.74, 6) is 22.8. The molecule has 332 valence electrons. The monoisotopic (exact) mass is 904 g/mol. The lowest BCUT2D eigenvalue weighted by Gasteiger charge is -2.44. The van der Waals surface area contributed by atoms with Gasteiger partial charge in [0.05, 0.1) is 6.61 Å². The summed E-state index contributed by atoms with van der Waals surface area (Å²) in [6, 6.07) is 0. The van der Waals surface area contributed by atoms with Crippen molar-refractivity contribution in [3.05, 3.63) is 0 Å². The van der Waals surface area contributed by atoms with Crippen molar-refractivity contribution in [3.8, 4) is 71.5 Å². The smallest absolute Gasteiger partial charge is 0.456 e. The quantitative estimate of drug-likeness (QED) is 0.0203. The van der Waals surface area contributed by atoms with E-state index in [4.69, 9.17) is 24.9 Å². The first-order chi connectivity index (χ1) is 28.3. The second-order valence-corrected chi connectivity index (χ2v) is 16.8. The normalized spacial score (nSPS) is 21.1. The highest BCUT2D eigenvalue weighted by Crippen LogP contribution is 2.51. The number of esters is 2. The van der Waals surface area contributed by atoms with Gasteiger partial charge in [0.1, 0.15) is 43.2 Å². The van der Waals surface area contributed by atoms with Crippen molar-refractivity contribution in [2.75, 3.05) is 13.2 Å². The van der Waals surface area contributed by atoms with Crippen LogP contribution in [-0.2, 0) is 50.9 Å². The van der Waals surface area contributed by atoms with Gasteiger partial charge in [0.25, 0.3) is 0 Å². The zero-order chi connectivity index (χ0) is 45.0. The highest BCUT2D eigenvalue weighted by Gasteiger charge is 2.56. The number of hydrogen-bond acceptors (Lipinski definition) is 14. The second-order valence-electron chi connectivity index (χ2n) is 13.0. The number of aliphatic hydroxyl groups excluding tert-OH is 3. The molecule has 0 saturated heterocycles. The molecule has 22 heteroatoms. The van der Waals surface area contributed by atoms with Crippen LogP contribution < -0.4 is 0 Å². The van der Waals surface area contributed by atoms with E-state index in [0.29, 0.717) is 12.8 Å². The van der Waals surface area contributed by atoms with Crippen LogP contribution in [0.3, 0.4) is 0 Å². The summed E-state index contributed by atoms with van der Waals surface area (Å²) in [6.45, 7) is 0.365. The molecule has 1 rings (SSSR count). The maximum atomic E-state index is 13.0. The van der Waals surface area contributed by atoms with Crippen molar-refractivity contribution < 1.29 is 90.6 Å². The molecule has 0 bridgehead atoms. The van der Waals surface area contributed by atoms with Crippen LogP contribution in [0.5, 0.6) is 0 Å². The molecule has 0 aromatic rings. The predicted octanol–water partition coefficient (Wildman–Crippen LogP) is 2.13. The number of phosphoric ester groups is 3. The minimum Gasteiger partial charge on any atom is -0.456 e. The Morgan fingerprint density at radius 3 is 1.50 bits per heavy atom. The van der Waals surface area contributed by atoms with Gasteiger partial charge in [-0.05, 0) is 65.6 Å². The first-order valence-electron chi connectivity index (χ1n) is 18.8. The molecule has 1 fully saturated rings. The first-order valence-corrected chi connectivity index (χ1v) is 23.4. The third-order valence-electron chi connectivity index (χ3n) is 8.14. The van der Waals surface area contributed by atoms with Gasteiger partial charge in [-0.3, -0.25) is 22.9 Å². The summed E-state index contributed by atoms with van der Waals surface area (Å²) in [4.78, 5) is 72.2. The predicted molar refractivity (Wildman–Crippen MR) is 211 cm³/mol. The van der Waals surface area contributed by atoms with Crippen molar-refractivity contribution in [2.45, 2.75) is 140 Å². The highest BCUT2D eigenvalue weighted by molar-refractivity contribution is 7.47. The molecular weight excluding hydrogens is 853 g/mol. The van der Waals surface area contributed by atoms with E-state index in [1.54, 1.807) is 0 Å². The Hall–Kier alpha value is -3.49. The van der Waals surface area contributed by atoms with E-state index in [1.165, 1.54) is 44.9 Å². The molecule has 4 unspecified atom stereocenters. The third kappa shape index (κ3) is 26.0. The minimum absolute atomic E-state index is 0.0794. The van der Waals surface area contributed by atoms with Crippen LogP contribution in [0.4, 0.5) is 0 Å². The summed E-state index contributed by atoms with van der Waals surface area (Å²) in [7, 11) is -16.7. The Bertz CT molecular complexity index is 1880. The summed E-state index contributed by atoms with van der Waals surface area (Å²) in [5.41, 5.74) is 0. The Morgan fingerprint density at radius 1 is 0.583 bits per heavy atom. The van der Waals surface area contributed by atoms with Crippen LogP contribution in [-0.4, -0.2) is 108 Å². The fourth-order valence-corrected chi connectivity index (χ4v) is 7.50. The maximum Gasteiger partial charge on any atom is 0.472 e. The van der Waals surface area contributed by atoms with E-state index in [0.717, 1.165) is 25.7 Å². The number of ether oxygens (including phenoxy) is 2. The van der Waals surface area contributed by atoms with E-state index in [1.807, 2.05) is 5.92 Å². The molecule has 1 aliphatic rings. The molecule has 8 atom stereocenters. The van der Waals surface area contributed by atoms with E-state index in [9.17, 15) is 63.1 Å². The van der Waals surface area contributed by atoms with Crippen LogP contribution >= 0.6 is 23.5 Å². The Balaban J connectivity index is 2.94. The van der Waals surface area contributed by atoms with Crippen LogP contribution in [0.2, 0.25) is 0 Å². The number of phosphoric acid groups is 3. The van der Waals surface area contributed by atoms with Crippen LogP contribution in [0.1, 0.15) is 96.8 Å². The largest absolute Gasteiger partial charge is 0.472 e. The average molecular weight is 905 g/mol. The third-order valence-corrected chi connectivity index (χ3v) is 10.2. The minimum atomic E-state index is -5.63. The Morgan fingerprint density at radius 2 is 1.02 bits per heavy atom. The molecule has 0 aliphatic heterocycles. The Kier molecular flexibility index (Phi) is 27.0. The van der Waals surface area contributed by atoms with E-state index < -0.39 is 91.3 Å². The fourth-order valence-electron chi connectivity index (χ4n) is 5.40. The van der Waals surface area contributed by atoms with Gasteiger partial charge in [-0.25, -0.2) is 18.5 Å². The van der Waals surface area contributed by atoms with Crippen molar-refractivity contribution in [1.82, 2.24) is 0 Å². The number of carbonyl (C=O) groups excluding carboxylic acids is 2. The number of terminal acetylenes is 1. The molecule has 0 aromatic heterocycles. The van der Waals surface area contributed by atoms with Gasteiger partial charge in [0.15, 0.2) is 6.10 Å². The molecule has 60 heavy (non-hydrogen) atoms. The van der Waals surface area contributed by atoms with Crippen molar-refractivity contribution in [3.63, 3.8) is 0 Å².